The summed E-state index contributed by atoms with van der Waals surface area (Å²) in [6, 6.07) is 12.9. The van der Waals surface area contributed by atoms with Gasteiger partial charge in [-0.2, -0.15) is 0 Å². The van der Waals surface area contributed by atoms with Crippen LogP contribution in [0.15, 0.2) is 36.4 Å². The van der Waals surface area contributed by atoms with Gasteiger partial charge in [-0.1, -0.05) is 24.3 Å². The Bertz CT molecular complexity index is 588. The molecule has 0 fully saturated rings. The number of rotatable bonds is 5. The van der Waals surface area contributed by atoms with Crippen LogP contribution >= 0.6 is 0 Å². The second-order valence-electron chi connectivity index (χ2n) is 5.35. The smallest absolute Gasteiger partial charge is 0.0340 e. The minimum Gasteiger partial charge on any atom is -0.388 e. The van der Waals surface area contributed by atoms with Crippen LogP contribution in [0.25, 0.3) is 0 Å². The van der Waals surface area contributed by atoms with Crippen LogP contribution in [-0.2, 0) is 13.1 Å². The molecule has 0 bridgehead atoms. The fraction of sp³-hybridized carbons (Fsp3) is 0.333. The maximum atomic E-state index is 3.53. The van der Waals surface area contributed by atoms with Crippen molar-refractivity contribution in [1.29, 1.82) is 0 Å². The van der Waals surface area contributed by atoms with Gasteiger partial charge in [0.15, 0.2) is 0 Å². The Hall–Kier alpha value is -1.80. The first kappa shape index (κ1) is 14.6. The second-order valence-corrected chi connectivity index (χ2v) is 5.35. The molecule has 0 heterocycles. The van der Waals surface area contributed by atoms with E-state index < -0.39 is 0 Å². The minimum absolute atomic E-state index is 0.891. The van der Waals surface area contributed by atoms with E-state index in [1.165, 1.54) is 27.8 Å². The molecule has 0 aliphatic rings. The van der Waals surface area contributed by atoms with Crippen LogP contribution in [0.5, 0.6) is 0 Å². The summed E-state index contributed by atoms with van der Waals surface area (Å²) >= 11 is 0. The summed E-state index contributed by atoms with van der Waals surface area (Å²) in [5, 5.41) is 6.70. The van der Waals surface area contributed by atoms with Crippen molar-refractivity contribution in [3.05, 3.63) is 64.2 Å². The van der Waals surface area contributed by atoms with Gasteiger partial charge in [0.25, 0.3) is 0 Å². The van der Waals surface area contributed by atoms with E-state index in [2.05, 4.69) is 67.8 Å². The second kappa shape index (κ2) is 6.58. The highest BCUT2D eigenvalue weighted by Gasteiger charge is 2.03. The van der Waals surface area contributed by atoms with E-state index in [1.54, 1.807) is 0 Å². The normalized spacial score (nSPS) is 10.6. The molecular formula is C18H24N2. The van der Waals surface area contributed by atoms with E-state index in [-0.39, 0.29) is 0 Å². The lowest BCUT2D eigenvalue weighted by Crippen LogP contribution is -2.14. The first-order valence-corrected chi connectivity index (χ1v) is 7.15. The molecule has 2 N–H and O–H groups in total. The molecule has 0 spiro atoms. The monoisotopic (exact) mass is 268 g/mol. The molecule has 0 aliphatic heterocycles. The quantitative estimate of drug-likeness (QED) is 0.858. The Morgan fingerprint density at radius 2 is 1.70 bits per heavy atom. The number of nitrogens with one attached hydrogen (secondary N) is 2. The van der Waals surface area contributed by atoms with Gasteiger partial charge in [0.2, 0.25) is 0 Å². The number of hydrogen-bond donors (Lipinski definition) is 2. The van der Waals surface area contributed by atoms with Crippen molar-refractivity contribution >= 4 is 5.69 Å². The van der Waals surface area contributed by atoms with Crippen molar-refractivity contribution < 1.29 is 0 Å². The Morgan fingerprint density at radius 3 is 2.45 bits per heavy atom. The van der Waals surface area contributed by atoms with Crippen molar-refractivity contribution in [3.63, 3.8) is 0 Å². The van der Waals surface area contributed by atoms with Gasteiger partial charge >= 0.3 is 0 Å². The van der Waals surface area contributed by atoms with Gasteiger partial charge in [-0.25, -0.2) is 0 Å². The molecule has 0 aliphatic carbocycles. The summed E-state index contributed by atoms with van der Waals surface area (Å²) in [5.41, 5.74) is 8.03. The zero-order valence-corrected chi connectivity index (χ0v) is 12.9. The molecule has 2 rings (SSSR count). The molecule has 0 aromatic heterocycles. The predicted octanol–water partition coefficient (Wildman–Crippen LogP) is 3.94. The fourth-order valence-corrected chi connectivity index (χ4v) is 2.38. The highest BCUT2D eigenvalue weighted by atomic mass is 14.9. The fourth-order valence-electron chi connectivity index (χ4n) is 2.38. The average Bonchev–Trinajstić information content (AvgIpc) is 2.47. The third-order valence-corrected chi connectivity index (χ3v) is 4.03. The first-order chi connectivity index (χ1) is 9.61. The van der Waals surface area contributed by atoms with Crippen molar-refractivity contribution in [3.8, 4) is 0 Å². The molecular weight excluding hydrogens is 244 g/mol. The van der Waals surface area contributed by atoms with Crippen LogP contribution in [0, 0.1) is 20.8 Å². The van der Waals surface area contributed by atoms with Gasteiger partial charge in [0, 0.05) is 25.8 Å². The largest absolute Gasteiger partial charge is 0.388 e. The molecule has 0 atom stereocenters. The van der Waals surface area contributed by atoms with E-state index in [0.29, 0.717) is 0 Å². The Labute approximate surface area is 122 Å². The van der Waals surface area contributed by atoms with E-state index in [9.17, 15) is 0 Å². The molecule has 0 amide bonds. The lowest BCUT2D eigenvalue weighted by molar-refractivity contribution is 0.690. The molecule has 106 valence electrons. The van der Waals surface area contributed by atoms with Crippen molar-refractivity contribution in [2.75, 3.05) is 12.4 Å². The Balaban J connectivity index is 1.97. The standard InChI is InChI=1S/C18H24N2/c1-13-8-9-17(15(3)14(13)2)12-20-11-16-6-5-7-18(10-16)19-4/h5-10,19-20H,11-12H2,1-4H3. The maximum Gasteiger partial charge on any atom is 0.0340 e. The SMILES string of the molecule is CNc1cccc(CNCc2ccc(C)c(C)c2C)c1. The average molecular weight is 268 g/mol. The lowest BCUT2D eigenvalue weighted by atomic mass is 9.99. The summed E-state index contributed by atoms with van der Waals surface area (Å²) in [5.74, 6) is 0. The highest BCUT2D eigenvalue weighted by molar-refractivity contribution is 5.45. The molecule has 2 aromatic carbocycles. The number of anilines is 1. The molecule has 2 nitrogen and oxygen atoms in total. The van der Waals surface area contributed by atoms with Gasteiger partial charge in [-0.15, -0.1) is 0 Å². The summed E-state index contributed by atoms with van der Waals surface area (Å²) in [6.07, 6.45) is 0. The maximum absolute atomic E-state index is 3.53. The topological polar surface area (TPSA) is 24.1 Å². The van der Waals surface area contributed by atoms with Gasteiger partial charge in [0.05, 0.1) is 0 Å². The van der Waals surface area contributed by atoms with Crippen molar-refractivity contribution in [2.24, 2.45) is 0 Å². The first-order valence-electron chi connectivity index (χ1n) is 7.15. The van der Waals surface area contributed by atoms with Crippen molar-refractivity contribution in [2.45, 2.75) is 33.9 Å². The van der Waals surface area contributed by atoms with Gasteiger partial charge < -0.3 is 10.6 Å². The molecule has 2 heteroatoms. The van der Waals surface area contributed by atoms with Crippen molar-refractivity contribution in [1.82, 2.24) is 5.32 Å². The van der Waals surface area contributed by atoms with Crippen LogP contribution in [0.4, 0.5) is 5.69 Å². The van der Waals surface area contributed by atoms with Gasteiger partial charge in [-0.3, -0.25) is 0 Å². The van der Waals surface area contributed by atoms with E-state index >= 15 is 0 Å². The number of aryl methyl sites for hydroxylation is 1. The van der Waals surface area contributed by atoms with Crippen LogP contribution < -0.4 is 10.6 Å². The Kier molecular flexibility index (Phi) is 4.80. The van der Waals surface area contributed by atoms with Crippen LogP contribution in [-0.4, -0.2) is 7.05 Å². The summed E-state index contributed by atoms with van der Waals surface area (Å²) in [6.45, 7) is 8.38. The predicted molar refractivity (Wildman–Crippen MR) is 87.2 cm³/mol. The van der Waals surface area contributed by atoms with Crippen LogP contribution in [0.2, 0.25) is 0 Å². The third-order valence-electron chi connectivity index (χ3n) is 4.03. The van der Waals surface area contributed by atoms with Gasteiger partial charge in [-0.05, 0) is 60.7 Å². The molecule has 0 radical (unpaired) electrons. The number of benzene rings is 2. The molecule has 0 saturated carbocycles. The van der Waals surface area contributed by atoms with E-state index in [0.717, 1.165) is 18.8 Å². The summed E-state index contributed by atoms with van der Waals surface area (Å²) in [7, 11) is 1.95. The molecule has 0 unspecified atom stereocenters. The Morgan fingerprint density at radius 1 is 0.900 bits per heavy atom. The summed E-state index contributed by atoms with van der Waals surface area (Å²) in [4.78, 5) is 0. The number of hydrogen-bond acceptors (Lipinski definition) is 2. The molecule has 0 saturated heterocycles. The highest BCUT2D eigenvalue weighted by Crippen LogP contribution is 2.17. The van der Waals surface area contributed by atoms with E-state index in [4.69, 9.17) is 0 Å². The van der Waals surface area contributed by atoms with Crippen LogP contribution in [0.3, 0.4) is 0 Å². The zero-order valence-electron chi connectivity index (χ0n) is 12.9. The zero-order chi connectivity index (χ0) is 14.5. The van der Waals surface area contributed by atoms with Crippen LogP contribution in [0.1, 0.15) is 27.8 Å². The lowest BCUT2D eigenvalue weighted by Gasteiger charge is -2.12. The minimum atomic E-state index is 0.891. The van der Waals surface area contributed by atoms with E-state index in [1.807, 2.05) is 7.05 Å². The van der Waals surface area contributed by atoms with Gasteiger partial charge in [0.1, 0.15) is 0 Å². The third kappa shape index (κ3) is 3.40. The molecule has 20 heavy (non-hydrogen) atoms. The molecule has 2 aromatic rings. The summed E-state index contributed by atoms with van der Waals surface area (Å²) < 4.78 is 0.